The van der Waals surface area contributed by atoms with Gasteiger partial charge in [-0.3, -0.25) is 19.8 Å². The van der Waals surface area contributed by atoms with E-state index in [0.717, 1.165) is 17.3 Å². The summed E-state index contributed by atoms with van der Waals surface area (Å²) in [5.41, 5.74) is 0. The quantitative estimate of drug-likeness (QED) is 0.652. The average Bonchev–Trinajstić information content (AvgIpc) is 3.46. The number of rotatable bonds is 5. The molecule has 27 heavy (non-hydrogen) atoms. The van der Waals surface area contributed by atoms with Crippen LogP contribution < -0.4 is 16.0 Å². The number of hydrogen-bond acceptors (Lipinski definition) is 5. The molecule has 1 aliphatic carbocycles. The number of hydrogen-bond donors (Lipinski definition) is 3. The molecule has 0 spiro atoms. The Kier molecular flexibility index (Phi) is 6.43. The van der Waals surface area contributed by atoms with Crippen LogP contribution in [0.3, 0.4) is 0 Å². The number of urea groups is 1. The van der Waals surface area contributed by atoms with Gasteiger partial charge < -0.3 is 10.6 Å². The van der Waals surface area contributed by atoms with Crippen LogP contribution >= 0.6 is 15.9 Å². The Hall–Kier alpha value is -2.00. The van der Waals surface area contributed by atoms with Crippen molar-refractivity contribution in [3.05, 3.63) is 22.8 Å². The number of anilines is 1. The number of carbonyl (C=O) groups excluding carboxylic acids is 3. The molecule has 146 valence electrons. The van der Waals surface area contributed by atoms with Crippen molar-refractivity contribution >= 4 is 39.6 Å². The predicted molar refractivity (Wildman–Crippen MR) is 104 cm³/mol. The van der Waals surface area contributed by atoms with Gasteiger partial charge in [-0.15, -0.1) is 0 Å². The van der Waals surface area contributed by atoms with E-state index in [-0.39, 0.29) is 23.8 Å². The van der Waals surface area contributed by atoms with Gasteiger partial charge in [0.05, 0.1) is 6.04 Å². The molecule has 1 aliphatic heterocycles. The van der Waals surface area contributed by atoms with E-state index < -0.39 is 12.1 Å². The maximum absolute atomic E-state index is 12.4. The van der Waals surface area contributed by atoms with Gasteiger partial charge in [-0.2, -0.15) is 0 Å². The molecule has 9 heteroatoms. The summed E-state index contributed by atoms with van der Waals surface area (Å²) in [6, 6.07) is 2.95. The molecule has 1 atom stereocenters. The van der Waals surface area contributed by atoms with Crippen LogP contribution in [0, 0.1) is 5.92 Å². The van der Waals surface area contributed by atoms with E-state index in [0.29, 0.717) is 31.7 Å². The van der Waals surface area contributed by atoms with Gasteiger partial charge in [0.25, 0.3) is 0 Å². The zero-order chi connectivity index (χ0) is 19.4. The molecule has 2 fully saturated rings. The molecule has 1 saturated carbocycles. The summed E-state index contributed by atoms with van der Waals surface area (Å²) in [5, 5.41) is 7.97. The summed E-state index contributed by atoms with van der Waals surface area (Å²) in [5.74, 6) is 0.0562. The minimum atomic E-state index is -0.425. The Morgan fingerprint density at radius 1 is 1.19 bits per heavy atom. The molecule has 1 aromatic heterocycles. The van der Waals surface area contributed by atoms with Crippen LogP contribution in [0.15, 0.2) is 22.8 Å². The Balaban J connectivity index is 1.43. The van der Waals surface area contributed by atoms with Gasteiger partial charge in [-0.05, 0) is 73.8 Å². The average molecular weight is 438 g/mol. The second-order valence-corrected chi connectivity index (χ2v) is 7.99. The number of pyridine rings is 1. The number of imide groups is 1. The van der Waals surface area contributed by atoms with Crippen LogP contribution in [-0.4, -0.2) is 52.9 Å². The molecular formula is C18H24BrN5O3. The summed E-state index contributed by atoms with van der Waals surface area (Å²) < 4.78 is 0.854. The first-order chi connectivity index (χ1) is 12.9. The second-order valence-electron chi connectivity index (χ2n) is 7.07. The minimum Gasteiger partial charge on any atom is -0.335 e. The number of carbonyl (C=O) groups is 3. The molecule has 0 radical (unpaired) electrons. The zero-order valence-corrected chi connectivity index (χ0v) is 16.8. The predicted octanol–water partition coefficient (Wildman–Crippen LogP) is 1.87. The van der Waals surface area contributed by atoms with Crippen LogP contribution in [0.1, 0.15) is 32.6 Å². The van der Waals surface area contributed by atoms with Gasteiger partial charge >= 0.3 is 6.03 Å². The summed E-state index contributed by atoms with van der Waals surface area (Å²) >= 11 is 3.31. The third-order valence-electron chi connectivity index (χ3n) is 4.96. The molecule has 2 aliphatic rings. The molecule has 1 saturated heterocycles. The van der Waals surface area contributed by atoms with Gasteiger partial charge in [0.15, 0.2) is 0 Å². The Morgan fingerprint density at radius 2 is 1.89 bits per heavy atom. The first-order valence-corrected chi connectivity index (χ1v) is 9.99. The van der Waals surface area contributed by atoms with Crippen LogP contribution in [0.5, 0.6) is 0 Å². The highest BCUT2D eigenvalue weighted by Crippen LogP contribution is 2.21. The van der Waals surface area contributed by atoms with Crippen molar-refractivity contribution < 1.29 is 14.4 Å². The maximum Gasteiger partial charge on any atom is 0.321 e. The molecule has 2 heterocycles. The largest absolute Gasteiger partial charge is 0.335 e. The van der Waals surface area contributed by atoms with Gasteiger partial charge in [0.1, 0.15) is 5.82 Å². The van der Waals surface area contributed by atoms with E-state index in [4.69, 9.17) is 0 Å². The van der Waals surface area contributed by atoms with Gasteiger partial charge in [0.2, 0.25) is 11.8 Å². The first-order valence-electron chi connectivity index (χ1n) is 9.20. The third-order valence-corrected chi connectivity index (χ3v) is 5.42. The van der Waals surface area contributed by atoms with E-state index in [1.807, 2.05) is 11.0 Å². The molecule has 3 rings (SSSR count). The number of amides is 4. The van der Waals surface area contributed by atoms with E-state index in [9.17, 15) is 14.4 Å². The fourth-order valence-corrected chi connectivity index (χ4v) is 3.29. The molecule has 8 nitrogen and oxygen atoms in total. The highest BCUT2D eigenvalue weighted by atomic mass is 79.9. The molecular weight excluding hydrogens is 414 g/mol. The molecule has 1 unspecified atom stereocenters. The van der Waals surface area contributed by atoms with Crippen molar-refractivity contribution in [1.29, 1.82) is 0 Å². The number of nitrogens with one attached hydrogen (secondary N) is 3. The Bertz CT molecular complexity index is 699. The molecule has 4 amide bonds. The van der Waals surface area contributed by atoms with Crippen LogP contribution in [0.4, 0.5) is 10.6 Å². The van der Waals surface area contributed by atoms with E-state index in [1.54, 1.807) is 19.2 Å². The third kappa shape index (κ3) is 5.74. The number of halogens is 1. The van der Waals surface area contributed by atoms with Crippen molar-refractivity contribution in [3.63, 3.8) is 0 Å². The van der Waals surface area contributed by atoms with Crippen molar-refractivity contribution in [2.24, 2.45) is 5.92 Å². The summed E-state index contributed by atoms with van der Waals surface area (Å²) in [4.78, 5) is 42.5. The summed E-state index contributed by atoms with van der Waals surface area (Å²) in [6.45, 7) is 3.04. The standard InChI is InChI=1S/C18H24BrN5O3/c1-11(16(25)23-18(27)21-14-3-4-14)24-8-6-12(7-9-24)17(26)22-15-5-2-13(19)10-20-15/h2,5,10-12,14H,3-4,6-9H2,1H3,(H,20,22,26)(H2,21,23,25,27). The second kappa shape index (κ2) is 8.79. The lowest BCUT2D eigenvalue weighted by Crippen LogP contribution is -2.52. The lowest BCUT2D eigenvalue weighted by Gasteiger charge is -2.34. The van der Waals surface area contributed by atoms with Crippen molar-refractivity contribution in [2.45, 2.75) is 44.7 Å². The zero-order valence-electron chi connectivity index (χ0n) is 15.2. The number of nitrogens with zero attached hydrogens (tertiary/aromatic N) is 2. The van der Waals surface area contributed by atoms with Gasteiger partial charge in [0, 0.05) is 22.6 Å². The first kappa shape index (κ1) is 19.8. The monoisotopic (exact) mass is 437 g/mol. The highest BCUT2D eigenvalue weighted by molar-refractivity contribution is 9.10. The smallest absolute Gasteiger partial charge is 0.321 e. The van der Waals surface area contributed by atoms with E-state index in [1.165, 1.54) is 0 Å². The normalized spacial score (nSPS) is 19.2. The molecule has 1 aromatic rings. The van der Waals surface area contributed by atoms with E-state index in [2.05, 4.69) is 36.9 Å². The lowest BCUT2D eigenvalue weighted by atomic mass is 9.95. The van der Waals surface area contributed by atoms with Crippen LogP contribution in [-0.2, 0) is 9.59 Å². The fraction of sp³-hybridized carbons (Fsp3) is 0.556. The number of piperidine rings is 1. The Labute approximate surface area is 166 Å². The lowest BCUT2D eigenvalue weighted by molar-refractivity contribution is -0.126. The maximum atomic E-state index is 12.4. The summed E-state index contributed by atoms with van der Waals surface area (Å²) in [7, 11) is 0. The topological polar surface area (TPSA) is 103 Å². The molecule has 3 N–H and O–H groups in total. The van der Waals surface area contributed by atoms with Crippen molar-refractivity contribution in [2.75, 3.05) is 18.4 Å². The molecule has 0 aromatic carbocycles. The van der Waals surface area contributed by atoms with E-state index >= 15 is 0 Å². The fourth-order valence-electron chi connectivity index (χ4n) is 3.06. The Morgan fingerprint density at radius 3 is 2.48 bits per heavy atom. The van der Waals surface area contributed by atoms with Crippen molar-refractivity contribution in [1.82, 2.24) is 20.5 Å². The number of aromatic nitrogens is 1. The number of likely N-dealkylation sites (tertiary alicyclic amines) is 1. The minimum absolute atomic E-state index is 0.0506. The summed E-state index contributed by atoms with van der Waals surface area (Å²) in [6.07, 6.45) is 4.91. The molecule has 0 bridgehead atoms. The van der Waals surface area contributed by atoms with Crippen molar-refractivity contribution in [3.8, 4) is 0 Å². The SMILES string of the molecule is CC(C(=O)NC(=O)NC1CC1)N1CCC(C(=O)Nc2ccc(Br)cn2)CC1. The van der Waals surface area contributed by atoms with Crippen LogP contribution in [0.25, 0.3) is 0 Å². The van der Waals surface area contributed by atoms with Gasteiger partial charge in [-0.1, -0.05) is 0 Å². The van der Waals surface area contributed by atoms with Gasteiger partial charge in [-0.25, -0.2) is 9.78 Å². The van der Waals surface area contributed by atoms with Crippen LogP contribution in [0.2, 0.25) is 0 Å². The highest BCUT2D eigenvalue weighted by Gasteiger charge is 2.31.